The summed E-state index contributed by atoms with van der Waals surface area (Å²) in [5, 5.41) is 0. The summed E-state index contributed by atoms with van der Waals surface area (Å²) in [5.74, 6) is 6.86. The summed E-state index contributed by atoms with van der Waals surface area (Å²) in [5.41, 5.74) is 4.14. The fraction of sp³-hybridized carbons (Fsp3) is 0.188. The molecule has 21 heavy (non-hydrogen) atoms. The number of hydrogen-bond acceptors (Lipinski definition) is 3. The van der Waals surface area contributed by atoms with E-state index in [0.717, 1.165) is 22.6 Å². The van der Waals surface area contributed by atoms with Gasteiger partial charge in [0.25, 0.3) is 0 Å². The lowest BCUT2D eigenvalue weighted by molar-refractivity contribution is 0.184. The monoisotopic (exact) mass is 283 g/mol. The zero-order valence-electron chi connectivity index (χ0n) is 11.7. The molecule has 1 heterocycles. The predicted molar refractivity (Wildman–Crippen MR) is 79.9 cm³/mol. The fourth-order valence-corrected chi connectivity index (χ4v) is 2.75. The maximum Gasteiger partial charge on any atom is 0.332 e. The Labute approximate surface area is 123 Å². The van der Waals surface area contributed by atoms with Crippen molar-refractivity contribution in [2.45, 2.75) is 13.0 Å². The zero-order valence-corrected chi connectivity index (χ0v) is 11.7. The van der Waals surface area contributed by atoms with Gasteiger partial charge in [0.05, 0.1) is 6.04 Å². The quantitative estimate of drug-likeness (QED) is 0.506. The number of hydrazine groups is 1. The molecule has 1 aliphatic heterocycles. The average Bonchev–Trinajstić information content (AvgIpc) is 2.54. The maximum atomic E-state index is 12.1. The van der Waals surface area contributed by atoms with E-state index in [1.807, 2.05) is 55.5 Å². The Balaban J connectivity index is 2.16. The highest BCUT2D eigenvalue weighted by atomic mass is 16.5. The molecule has 3 N–H and O–H groups in total. The number of urea groups is 1. The molecule has 3 rings (SSSR count). The third-order valence-corrected chi connectivity index (χ3v) is 3.68. The van der Waals surface area contributed by atoms with Crippen LogP contribution < -0.4 is 16.0 Å². The van der Waals surface area contributed by atoms with E-state index in [1.165, 1.54) is 0 Å². The van der Waals surface area contributed by atoms with Gasteiger partial charge in [0, 0.05) is 17.7 Å². The largest absolute Gasteiger partial charge is 0.457 e. The smallest absolute Gasteiger partial charge is 0.332 e. The number of carbonyl (C=O) groups is 1. The van der Waals surface area contributed by atoms with Crippen LogP contribution in [-0.4, -0.2) is 17.5 Å². The Morgan fingerprint density at radius 2 is 1.67 bits per heavy atom. The molecule has 0 spiro atoms. The first-order chi connectivity index (χ1) is 10.3. The summed E-state index contributed by atoms with van der Waals surface area (Å²) in [6.07, 6.45) is 0. The van der Waals surface area contributed by atoms with Gasteiger partial charge in [-0.3, -0.25) is 5.43 Å². The summed E-state index contributed by atoms with van der Waals surface area (Å²) in [6.45, 7) is 2.46. The van der Waals surface area contributed by atoms with Crippen LogP contribution in [0.5, 0.6) is 11.5 Å². The number of nitrogens with one attached hydrogen (secondary N) is 1. The molecule has 0 aromatic heterocycles. The van der Waals surface area contributed by atoms with Crippen molar-refractivity contribution in [1.29, 1.82) is 0 Å². The summed E-state index contributed by atoms with van der Waals surface area (Å²) >= 11 is 0. The topological polar surface area (TPSA) is 67.6 Å². The summed E-state index contributed by atoms with van der Waals surface area (Å²) in [6, 6.07) is 15.0. The van der Waals surface area contributed by atoms with Gasteiger partial charge in [0.15, 0.2) is 0 Å². The van der Waals surface area contributed by atoms with Gasteiger partial charge in [-0.2, -0.15) is 0 Å². The number of hydrogen-bond donors (Lipinski definition) is 2. The van der Waals surface area contributed by atoms with Crippen molar-refractivity contribution in [2.75, 3.05) is 6.54 Å². The van der Waals surface area contributed by atoms with Crippen LogP contribution in [0.2, 0.25) is 0 Å². The molecule has 0 unspecified atom stereocenters. The Kier molecular flexibility index (Phi) is 3.50. The molecule has 0 saturated carbocycles. The number of nitrogens with two attached hydrogens (primary N) is 1. The number of amides is 2. The third kappa shape index (κ3) is 2.21. The molecular weight excluding hydrogens is 266 g/mol. The SMILES string of the molecule is CCN(C(=O)NN)C1c2ccccc2Oc2ccccc21. The van der Waals surface area contributed by atoms with Crippen molar-refractivity contribution < 1.29 is 9.53 Å². The van der Waals surface area contributed by atoms with E-state index in [9.17, 15) is 4.79 Å². The Morgan fingerprint density at radius 3 is 2.14 bits per heavy atom. The van der Waals surface area contributed by atoms with Crippen LogP contribution in [-0.2, 0) is 0 Å². The van der Waals surface area contributed by atoms with Crippen molar-refractivity contribution in [1.82, 2.24) is 10.3 Å². The van der Waals surface area contributed by atoms with Crippen LogP contribution >= 0.6 is 0 Å². The summed E-state index contributed by atoms with van der Waals surface area (Å²) < 4.78 is 5.93. The molecular formula is C16H17N3O2. The highest BCUT2D eigenvalue weighted by Gasteiger charge is 2.33. The highest BCUT2D eigenvalue weighted by molar-refractivity contribution is 5.75. The molecule has 0 radical (unpaired) electrons. The molecule has 0 fully saturated rings. The standard InChI is InChI=1S/C16H17N3O2/c1-2-19(16(20)18-17)15-11-7-3-5-9-13(11)21-14-10-6-4-8-12(14)15/h3-10,15H,2,17H2,1H3,(H,18,20). The number of para-hydroxylation sites is 2. The fourth-order valence-electron chi connectivity index (χ4n) is 2.75. The molecule has 2 amide bonds. The minimum absolute atomic E-state index is 0.209. The number of carbonyl (C=O) groups excluding carboxylic acids is 1. The second-order valence-corrected chi connectivity index (χ2v) is 4.82. The molecule has 5 heteroatoms. The van der Waals surface area contributed by atoms with Crippen LogP contribution in [0.25, 0.3) is 0 Å². The van der Waals surface area contributed by atoms with E-state index >= 15 is 0 Å². The Morgan fingerprint density at radius 1 is 1.14 bits per heavy atom. The number of benzene rings is 2. The molecule has 5 nitrogen and oxygen atoms in total. The minimum atomic E-state index is -0.311. The molecule has 2 aromatic carbocycles. The van der Waals surface area contributed by atoms with Gasteiger partial charge in [-0.05, 0) is 19.1 Å². The van der Waals surface area contributed by atoms with Crippen molar-refractivity contribution in [3.8, 4) is 11.5 Å². The van der Waals surface area contributed by atoms with E-state index in [0.29, 0.717) is 6.54 Å². The van der Waals surface area contributed by atoms with Gasteiger partial charge in [-0.15, -0.1) is 0 Å². The minimum Gasteiger partial charge on any atom is -0.457 e. The van der Waals surface area contributed by atoms with Gasteiger partial charge in [0.1, 0.15) is 11.5 Å². The van der Waals surface area contributed by atoms with E-state index in [-0.39, 0.29) is 12.1 Å². The molecule has 1 aliphatic rings. The molecule has 0 aliphatic carbocycles. The van der Waals surface area contributed by atoms with Gasteiger partial charge >= 0.3 is 6.03 Å². The molecule has 0 bridgehead atoms. The first-order valence-corrected chi connectivity index (χ1v) is 6.89. The van der Waals surface area contributed by atoms with Crippen molar-refractivity contribution in [3.63, 3.8) is 0 Å². The lowest BCUT2D eigenvalue weighted by Crippen LogP contribution is -2.45. The molecule has 2 aromatic rings. The van der Waals surface area contributed by atoms with Crippen molar-refractivity contribution in [2.24, 2.45) is 5.84 Å². The van der Waals surface area contributed by atoms with E-state index < -0.39 is 0 Å². The lowest BCUT2D eigenvalue weighted by atomic mass is 9.93. The second-order valence-electron chi connectivity index (χ2n) is 4.82. The van der Waals surface area contributed by atoms with Gasteiger partial charge < -0.3 is 9.64 Å². The second kappa shape index (κ2) is 5.46. The maximum absolute atomic E-state index is 12.1. The van der Waals surface area contributed by atoms with E-state index in [4.69, 9.17) is 10.6 Å². The van der Waals surface area contributed by atoms with Crippen LogP contribution in [0.15, 0.2) is 48.5 Å². The molecule has 108 valence electrons. The number of nitrogens with zero attached hydrogens (tertiary/aromatic N) is 1. The zero-order chi connectivity index (χ0) is 14.8. The van der Waals surface area contributed by atoms with Crippen LogP contribution in [0.1, 0.15) is 24.1 Å². The normalized spacial score (nSPS) is 12.9. The van der Waals surface area contributed by atoms with E-state index in [2.05, 4.69) is 5.43 Å². The lowest BCUT2D eigenvalue weighted by Gasteiger charge is -2.35. The molecule has 0 atom stereocenters. The predicted octanol–water partition coefficient (Wildman–Crippen LogP) is 2.79. The average molecular weight is 283 g/mol. The van der Waals surface area contributed by atoms with Gasteiger partial charge in [0.2, 0.25) is 0 Å². The highest BCUT2D eigenvalue weighted by Crippen LogP contribution is 2.45. The first-order valence-electron chi connectivity index (χ1n) is 6.89. The molecule has 0 saturated heterocycles. The number of fused-ring (bicyclic) bond motifs is 2. The van der Waals surface area contributed by atoms with Crippen LogP contribution in [0.4, 0.5) is 4.79 Å². The summed E-state index contributed by atoms with van der Waals surface area (Å²) in [7, 11) is 0. The number of ether oxygens (including phenoxy) is 1. The van der Waals surface area contributed by atoms with E-state index in [1.54, 1.807) is 4.90 Å². The Bertz CT molecular complexity index is 627. The van der Waals surface area contributed by atoms with Crippen molar-refractivity contribution >= 4 is 6.03 Å². The van der Waals surface area contributed by atoms with Crippen LogP contribution in [0.3, 0.4) is 0 Å². The number of rotatable bonds is 2. The van der Waals surface area contributed by atoms with Gasteiger partial charge in [-0.25, -0.2) is 10.6 Å². The first kappa shape index (κ1) is 13.5. The van der Waals surface area contributed by atoms with Crippen LogP contribution in [0, 0.1) is 0 Å². The third-order valence-electron chi connectivity index (χ3n) is 3.68. The summed E-state index contributed by atoms with van der Waals surface area (Å²) in [4.78, 5) is 13.8. The van der Waals surface area contributed by atoms with Crippen molar-refractivity contribution in [3.05, 3.63) is 59.7 Å². The Hall–Kier alpha value is -2.53. The van der Waals surface area contributed by atoms with Gasteiger partial charge in [-0.1, -0.05) is 36.4 Å².